The van der Waals surface area contributed by atoms with Gasteiger partial charge in [0.15, 0.2) is 0 Å². The van der Waals surface area contributed by atoms with E-state index in [4.69, 9.17) is 4.74 Å². The summed E-state index contributed by atoms with van der Waals surface area (Å²) in [5, 5.41) is 9.27. The fraction of sp³-hybridized carbons (Fsp3) is 0.567. The number of ether oxygens (including phenoxy) is 1. The highest BCUT2D eigenvalue weighted by Crippen LogP contribution is 2.60. The number of alkyl halides is 1. The molecule has 0 aliphatic carbocycles. The standard InChI is InChI=1S/C30H40BrN3O5/c1-6-14-32(5)27(36)22-23-28(37)34(16-9-8-10-17-35)26(30(23)18-21(31)25(22)39-30)29(38)33(15-7-2)24-19(3)12-11-13-20(24)4/h6-7,11-13,21-23,25-26,35H,1-2,8-10,14-18H2,3-5H3/t21?,22-,23+,25-,26?,30?/m1/s1. The Kier molecular flexibility index (Phi) is 9.03. The van der Waals surface area contributed by atoms with Crippen molar-refractivity contribution in [3.8, 4) is 0 Å². The lowest BCUT2D eigenvalue weighted by molar-refractivity contribution is -0.144. The number of fused-ring (bicyclic) bond motifs is 1. The number of aliphatic hydroxyl groups is 1. The molecule has 3 aliphatic rings. The van der Waals surface area contributed by atoms with Gasteiger partial charge in [0.25, 0.3) is 5.91 Å². The van der Waals surface area contributed by atoms with Gasteiger partial charge in [0.1, 0.15) is 11.6 Å². The van der Waals surface area contributed by atoms with E-state index in [0.29, 0.717) is 32.4 Å². The van der Waals surface area contributed by atoms with E-state index in [1.165, 1.54) is 0 Å². The van der Waals surface area contributed by atoms with Crippen LogP contribution in [0.3, 0.4) is 0 Å². The van der Waals surface area contributed by atoms with Crippen LogP contribution in [0.25, 0.3) is 0 Å². The fourth-order valence-electron chi connectivity index (χ4n) is 6.84. The number of unbranched alkanes of at least 4 members (excludes halogenated alkanes) is 2. The molecule has 3 saturated heterocycles. The third kappa shape index (κ3) is 4.98. The van der Waals surface area contributed by atoms with Crippen LogP contribution >= 0.6 is 15.9 Å². The maximum absolute atomic E-state index is 14.7. The van der Waals surface area contributed by atoms with E-state index < -0.39 is 29.6 Å². The van der Waals surface area contributed by atoms with Crippen molar-refractivity contribution in [1.82, 2.24) is 9.80 Å². The van der Waals surface area contributed by atoms with Crippen molar-refractivity contribution < 1.29 is 24.2 Å². The van der Waals surface area contributed by atoms with Gasteiger partial charge in [0.05, 0.1) is 17.9 Å². The molecule has 1 N–H and O–H groups in total. The van der Waals surface area contributed by atoms with Gasteiger partial charge in [-0.3, -0.25) is 14.4 Å². The zero-order valence-electron chi connectivity index (χ0n) is 23.1. The number of carbonyl (C=O) groups excluding carboxylic acids is 3. The van der Waals surface area contributed by atoms with Gasteiger partial charge in [-0.05, 0) is 50.7 Å². The number of halogens is 1. The lowest BCUT2D eigenvalue weighted by Gasteiger charge is -2.38. The molecule has 1 spiro atoms. The van der Waals surface area contributed by atoms with E-state index in [1.54, 1.807) is 33.9 Å². The van der Waals surface area contributed by atoms with Crippen LogP contribution in [0, 0.1) is 25.7 Å². The third-order valence-electron chi connectivity index (χ3n) is 8.43. The smallest absolute Gasteiger partial charge is 0.253 e. The molecule has 3 aliphatic heterocycles. The molecule has 1 aromatic rings. The molecule has 212 valence electrons. The van der Waals surface area contributed by atoms with Gasteiger partial charge in [-0.1, -0.05) is 46.3 Å². The zero-order chi connectivity index (χ0) is 28.5. The molecular weight excluding hydrogens is 562 g/mol. The first-order chi connectivity index (χ1) is 18.6. The van der Waals surface area contributed by atoms with Crippen molar-refractivity contribution in [3.05, 3.63) is 54.6 Å². The molecule has 0 radical (unpaired) electrons. The van der Waals surface area contributed by atoms with Gasteiger partial charge in [-0.2, -0.15) is 0 Å². The van der Waals surface area contributed by atoms with Crippen LogP contribution in [0.2, 0.25) is 0 Å². The lowest BCUT2D eigenvalue weighted by atomic mass is 9.70. The molecule has 3 unspecified atom stereocenters. The maximum atomic E-state index is 14.7. The van der Waals surface area contributed by atoms with Gasteiger partial charge in [-0.25, -0.2) is 0 Å². The minimum Gasteiger partial charge on any atom is -0.396 e. The molecule has 1 aromatic carbocycles. The van der Waals surface area contributed by atoms with E-state index in [2.05, 4.69) is 29.1 Å². The number of hydrogen-bond donors (Lipinski definition) is 1. The van der Waals surface area contributed by atoms with Crippen molar-refractivity contribution >= 4 is 39.3 Å². The Morgan fingerprint density at radius 1 is 1.15 bits per heavy atom. The molecule has 4 rings (SSSR count). The summed E-state index contributed by atoms with van der Waals surface area (Å²) in [5.41, 5.74) is 1.59. The number of rotatable bonds is 12. The average Bonchev–Trinajstić information content (AvgIpc) is 3.48. The summed E-state index contributed by atoms with van der Waals surface area (Å²) >= 11 is 3.73. The van der Waals surface area contributed by atoms with Crippen molar-refractivity contribution in [3.63, 3.8) is 0 Å². The summed E-state index contributed by atoms with van der Waals surface area (Å²) in [7, 11) is 1.70. The Labute approximate surface area is 239 Å². The lowest BCUT2D eigenvalue weighted by Crippen LogP contribution is -2.57. The second-order valence-electron chi connectivity index (χ2n) is 11.0. The number of likely N-dealkylation sites (N-methyl/N-ethyl adjacent to an activating group) is 1. The summed E-state index contributed by atoms with van der Waals surface area (Å²) in [6, 6.07) is 5.01. The van der Waals surface area contributed by atoms with Crippen molar-refractivity contribution in [2.75, 3.05) is 38.2 Å². The summed E-state index contributed by atoms with van der Waals surface area (Å²) in [6.07, 6.45) is 5.29. The molecule has 8 nitrogen and oxygen atoms in total. The van der Waals surface area contributed by atoms with Crippen LogP contribution in [-0.2, 0) is 19.1 Å². The van der Waals surface area contributed by atoms with Crippen molar-refractivity contribution in [2.24, 2.45) is 11.8 Å². The normalized spacial score (nSPS) is 28.9. The van der Waals surface area contributed by atoms with Crippen LogP contribution < -0.4 is 4.90 Å². The Morgan fingerprint density at radius 2 is 1.82 bits per heavy atom. The average molecular weight is 603 g/mol. The molecule has 0 aromatic heterocycles. The number of likely N-dealkylation sites (tertiary alicyclic amines) is 1. The Balaban J connectivity index is 1.80. The predicted octanol–water partition coefficient (Wildman–Crippen LogP) is 3.38. The number of hydrogen-bond acceptors (Lipinski definition) is 5. The van der Waals surface area contributed by atoms with Crippen molar-refractivity contribution in [1.29, 1.82) is 0 Å². The summed E-state index contributed by atoms with van der Waals surface area (Å²) in [6.45, 7) is 12.6. The molecular formula is C30H40BrN3O5. The number of anilines is 1. The Morgan fingerprint density at radius 3 is 2.44 bits per heavy atom. The van der Waals surface area contributed by atoms with E-state index in [1.807, 2.05) is 32.0 Å². The number of amides is 3. The number of carbonyl (C=O) groups is 3. The van der Waals surface area contributed by atoms with Crippen molar-refractivity contribution in [2.45, 2.75) is 62.1 Å². The Hall–Kier alpha value is -2.49. The SMILES string of the molecule is C=CCN(C)C(=O)[C@H]1[C@@H]2OC3(CC2Br)C(C(=O)N(CC=C)c2c(C)cccc2C)N(CCCCCO)C(=O)[C@H]13. The first kappa shape index (κ1) is 29.5. The first-order valence-electron chi connectivity index (χ1n) is 13.7. The van der Waals surface area contributed by atoms with Crippen LogP contribution in [0.15, 0.2) is 43.5 Å². The second-order valence-corrected chi connectivity index (χ2v) is 12.1. The molecule has 39 heavy (non-hydrogen) atoms. The zero-order valence-corrected chi connectivity index (χ0v) is 24.7. The molecule has 3 amide bonds. The fourth-order valence-corrected chi connectivity index (χ4v) is 7.78. The summed E-state index contributed by atoms with van der Waals surface area (Å²) in [4.78, 5) is 47.3. The third-order valence-corrected chi connectivity index (χ3v) is 9.28. The van der Waals surface area contributed by atoms with Gasteiger partial charge >= 0.3 is 0 Å². The molecule has 6 atom stereocenters. The van der Waals surface area contributed by atoms with Crippen LogP contribution in [-0.4, -0.2) is 88.5 Å². The molecule has 9 heteroatoms. The highest BCUT2D eigenvalue weighted by molar-refractivity contribution is 9.09. The monoisotopic (exact) mass is 601 g/mol. The minimum absolute atomic E-state index is 0.0742. The van der Waals surface area contributed by atoms with Gasteiger partial charge in [-0.15, -0.1) is 13.2 Å². The number of para-hydroxylation sites is 1. The molecule has 0 saturated carbocycles. The summed E-state index contributed by atoms with van der Waals surface area (Å²) < 4.78 is 6.65. The number of aryl methyl sites for hydroxylation is 2. The largest absolute Gasteiger partial charge is 0.396 e. The van der Waals surface area contributed by atoms with E-state index in [0.717, 1.165) is 23.2 Å². The number of aliphatic hydroxyl groups excluding tert-OH is 1. The van der Waals surface area contributed by atoms with E-state index in [9.17, 15) is 19.5 Å². The number of nitrogens with zero attached hydrogens (tertiary/aromatic N) is 3. The highest BCUT2D eigenvalue weighted by atomic mass is 79.9. The quantitative estimate of drug-likeness (QED) is 0.225. The highest BCUT2D eigenvalue weighted by Gasteiger charge is 2.76. The summed E-state index contributed by atoms with van der Waals surface area (Å²) in [5.74, 6) is -2.03. The topological polar surface area (TPSA) is 90.4 Å². The first-order valence-corrected chi connectivity index (χ1v) is 14.6. The van der Waals surface area contributed by atoms with Crippen LogP contribution in [0.4, 0.5) is 5.69 Å². The molecule has 3 fully saturated rings. The predicted molar refractivity (Wildman–Crippen MR) is 155 cm³/mol. The molecule has 3 heterocycles. The van der Waals surface area contributed by atoms with Gasteiger partial charge in [0.2, 0.25) is 11.8 Å². The Bertz CT molecular complexity index is 1120. The van der Waals surface area contributed by atoms with E-state index >= 15 is 0 Å². The minimum atomic E-state index is -1.12. The van der Waals surface area contributed by atoms with Crippen LogP contribution in [0.1, 0.15) is 36.8 Å². The number of benzene rings is 1. The van der Waals surface area contributed by atoms with Crippen LogP contribution in [0.5, 0.6) is 0 Å². The molecule has 2 bridgehead atoms. The van der Waals surface area contributed by atoms with E-state index in [-0.39, 0.29) is 35.7 Å². The van der Waals surface area contributed by atoms with Gasteiger partial charge in [0, 0.05) is 43.8 Å². The maximum Gasteiger partial charge on any atom is 0.253 e. The van der Waals surface area contributed by atoms with Gasteiger partial charge < -0.3 is 24.5 Å². The second kappa shape index (κ2) is 11.9.